The molecule has 3 heterocycles. The van der Waals surface area contributed by atoms with Crippen molar-refractivity contribution in [1.29, 1.82) is 0 Å². The third-order valence-electron chi connectivity index (χ3n) is 6.19. The molecule has 3 aromatic rings. The minimum atomic E-state index is -0.529. The molecule has 0 atom stereocenters. The van der Waals surface area contributed by atoms with E-state index in [1.54, 1.807) is 35.6 Å². The normalized spacial score (nSPS) is 15.0. The lowest BCUT2D eigenvalue weighted by Crippen LogP contribution is -2.40. The number of pyridine rings is 2. The summed E-state index contributed by atoms with van der Waals surface area (Å²) in [5.74, 6) is -0.0778. The van der Waals surface area contributed by atoms with Crippen LogP contribution >= 0.6 is 11.6 Å². The Morgan fingerprint density at radius 3 is 2.42 bits per heavy atom. The summed E-state index contributed by atoms with van der Waals surface area (Å²) in [7, 11) is 0. The number of hydrogen-bond acceptors (Lipinski definition) is 5. The first-order chi connectivity index (χ1) is 15.8. The number of rotatable bonds is 5. The maximum absolute atomic E-state index is 12.9. The van der Waals surface area contributed by atoms with Crippen LogP contribution in [0.25, 0.3) is 22.3 Å². The van der Waals surface area contributed by atoms with Crippen LogP contribution in [0.15, 0.2) is 55.0 Å². The van der Waals surface area contributed by atoms with E-state index < -0.39 is 5.41 Å². The highest BCUT2D eigenvalue weighted by atomic mass is 35.5. The number of nitrogens with zero attached hydrogens (tertiary/aromatic N) is 3. The van der Waals surface area contributed by atoms with E-state index >= 15 is 0 Å². The number of carbonyl (C=O) groups is 1. The number of likely N-dealkylation sites (tertiary alicyclic amines) is 1. The quantitative estimate of drug-likeness (QED) is 0.585. The number of aliphatic hydroxyl groups is 2. The van der Waals surface area contributed by atoms with Crippen molar-refractivity contribution in [2.45, 2.75) is 38.2 Å². The molecule has 0 aliphatic carbocycles. The van der Waals surface area contributed by atoms with Crippen molar-refractivity contribution in [1.82, 2.24) is 14.9 Å². The number of amides is 1. The molecule has 0 spiro atoms. The van der Waals surface area contributed by atoms with E-state index in [-0.39, 0.29) is 18.6 Å². The van der Waals surface area contributed by atoms with Gasteiger partial charge in [0.2, 0.25) is 0 Å². The Labute approximate surface area is 198 Å². The van der Waals surface area contributed by atoms with Gasteiger partial charge in [0.1, 0.15) is 0 Å². The number of piperidine rings is 1. The van der Waals surface area contributed by atoms with Crippen molar-refractivity contribution in [3.8, 4) is 22.3 Å². The summed E-state index contributed by atoms with van der Waals surface area (Å²) in [6, 6.07) is 11.2. The number of carbonyl (C=O) groups excluding carboxylic acids is 1. The summed E-state index contributed by atoms with van der Waals surface area (Å²) in [5, 5.41) is 20.1. The molecule has 0 radical (unpaired) electrons. The monoisotopic (exact) mass is 465 g/mol. The van der Waals surface area contributed by atoms with E-state index in [2.05, 4.69) is 4.98 Å². The van der Waals surface area contributed by atoms with E-state index in [1.807, 2.05) is 38.1 Å². The van der Waals surface area contributed by atoms with Crippen molar-refractivity contribution in [2.24, 2.45) is 0 Å². The minimum Gasteiger partial charge on any atom is -0.395 e. The zero-order valence-electron chi connectivity index (χ0n) is 18.8. The smallest absolute Gasteiger partial charge is 0.253 e. The van der Waals surface area contributed by atoms with Gasteiger partial charge in [0.25, 0.3) is 5.91 Å². The van der Waals surface area contributed by atoms with Crippen molar-refractivity contribution in [2.75, 3.05) is 19.7 Å². The first-order valence-electron chi connectivity index (χ1n) is 11.1. The van der Waals surface area contributed by atoms with Gasteiger partial charge in [-0.05, 0) is 48.7 Å². The van der Waals surface area contributed by atoms with Crippen molar-refractivity contribution in [3.05, 3.63) is 71.3 Å². The van der Waals surface area contributed by atoms with Crippen molar-refractivity contribution >= 4 is 17.5 Å². The molecule has 0 saturated carbocycles. The van der Waals surface area contributed by atoms with Crippen LogP contribution in [0.4, 0.5) is 0 Å². The molecule has 1 saturated heterocycles. The zero-order chi connectivity index (χ0) is 23.6. The summed E-state index contributed by atoms with van der Waals surface area (Å²) >= 11 is 6.64. The van der Waals surface area contributed by atoms with Gasteiger partial charge in [-0.3, -0.25) is 14.8 Å². The van der Waals surface area contributed by atoms with Crippen molar-refractivity contribution in [3.63, 3.8) is 0 Å². The first kappa shape index (κ1) is 23.4. The number of hydrogen-bond donors (Lipinski definition) is 2. The second kappa shape index (κ2) is 9.59. The number of aromatic nitrogens is 2. The maximum atomic E-state index is 12.9. The summed E-state index contributed by atoms with van der Waals surface area (Å²) in [6.45, 7) is 4.95. The van der Waals surface area contributed by atoms with Crippen LogP contribution in [0.5, 0.6) is 0 Å². The number of aliphatic hydroxyl groups excluding tert-OH is 2. The standard InChI is InChI=1S/C26H28ClN3O3/c1-26(2,16-31)24-22(17-5-9-28-10-6-17)13-19(15-29-24)21-4-3-18(14-23(21)27)25(33)30-11-7-20(32)8-12-30/h3-6,9-10,13-15,20,31-32H,7-8,11-12,16H2,1-2H3. The second-order valence-corrected chi connectivity index (χ2v) is 9.52. The predicted molar refractivity (Wildman–Crippen MR) is 129 cm³/mol. The van der Waals surface area contributed by atoms with E-state index in [0.717, 1.165) is 27.9 Å². The van der Waals surface area contributed by atoms with Crippen molar-refractivity contribution < 1.29 is 15.0 Å². The summed E-state index contributed by atoms with van der Waals surface area (Å²) in [5.41, 5.74) is 4.24. The fourth-order valence-corrected chi connectivity index (χ4v) is 4.40. The fourth-order valence-electron chi connectivity index (χ4n) is 4.11. The average molecular weight is 466 g/mol. The lowest BCUT2D eigenvalue weighted by Gasteiger charge is -2.29. The van der Waals surface area contributed by atoms with Gasteiger partial charge in [-0.2, -0.15) is 0 Å². The van der Waals surface area contributed by atoms with Crippen LogP contribution in [0.1, 0.15) is 42.7 Å². The molecule has 1 aliphatic rings. The molecule has 1 amide bonds. The third-order valence-corrected chi connectivity index (χ3v) is 6.51. The predicted octanol–water partition coefficient (Wildman–Crippen LogP) is 4.33. The summed E-state index contributed by atoms with van der Waals surface area (Å²) in [6.07, 6.45) is 6.07. The molecule has 172 valence electrons. The molecule has 1 fully saturated rings. The van der Waals surface area contributed by atoms with E-state index in [0.29, 0.717) is 36.5 Å². The second-order valence-electron chi connectivity index (χ2n) is 9.12. The van der Waals surface area contributed by atoms with Gasteiger partial charge >= 0.3 is 0 Å². The Balaban J connectivity index is 1.70. The molecular formula is C26H28ClN3O3. The lowest BCUT2D eigenvalue weighted by atomic mass is 9.84. The molecule has 33 heavy (non-hydrogen) atoms. The van der Waals surface area contributed by atoms with Crippen LogP contribution in [0.2, 0.25) is 5.02 Å². The molecule has 6 nitrogen and oxygen atoms in total. The molecule has 1 aromatic carbocycles. The van der Waals surface area contributed by atoms with Crippen LogP contribution in [-0.4, -0.2) is 56.8 Å². The van der Waals surface area contributed by atoms with Crippen LogP contribution in [-0.2, 0) is 5.41 Å². The number of benzene rings is 1. The lowest BCUT2D eigenvalue weighted by molar-refractivity contribution is 0.0546. The molecule has 0 unspecified atom stereocenters. The van der Waals surface area contributed by atoms with Gasteiger partial charge in [-0.25, -0.2) is 0 Å². The van der Waals surface area contributed by atoms with Crippen LogP contribution in [0, 0.1) is 0 Å². The molecule has 0 bridgehead atoms. The van der Waals surface area contributed by atoms with E-state index in [1.165, 1.54) is 0 Å². The number of halogens is 1. The molecule has 2 aromatic heterocycles. The van der Waals surface area contributed by atoms with Gasteiger partial charge in [0.05, 0.1) is 18.4 Å². The van der Waals surface area contributed by atoms with Crippen LogP contribution < -0.4 is 0 Å². The highest BCUT2D eigenvalue weighted by Gasteiger charge is 2.26. The Kier molecular flexibility index (Phi) is 6.79. The zero-order valence-corrected chi connectivity index (χ0v) is 19.6. The highest BCUT2D eigenvalue weighted by molar-refractivity contribution is 6.33. The molecule has 2 N–H and O–H groups in total. The topological polar surface area (TPSA) is 86.6 Å². The Morgan fingerprint density at radius 1 is 1.09 bits per heavy atom. The van der Waals surface area contributed by atoms with Gasteiger partial charge in [0, 0.05) is 64.4 Å². The minimum absolute atomic E-state index is 0.0392. The molecular weight excluding hydrogens is 438 g/mol. The highest BCUT2D eigenvalue weighted by Crippen LogP contribution is 2.36. The van der Waals surface area contributed by atoms with Gasteiger partial charge in [-0.1, -0.05) is 31.5 Å². The Morgan fingerprint density at radius 2 is 1.79 bits per heavy atom. The fraction of sp³-hybridized carbons (Fsp3) is 0.346. The van der Waals surface area contributed by atoms with Gasteiger partial charge in [0.15, 0.2) is 0 Å². The average Bonchev–Trinajstić information content (AvgIpc) is 2.84. The third kappa shape index (κ3) is 4.93. The summed E-state index contributed by atoms with van der Waals surface area (Å²) < 4.78 is 0. The van der Waals surface area contributed by atoms with Gasteiger partial charge < -0.3 is 15.1 Å². The Bertz CT molecular complexity index is 1140. The molecule has 1 aliphatic heterocycles. The largest absolute Gasteiger partial charge is 0.395 e. The maximum Gasteiger partial charge on any atom is 0.253 e. The molecule has 4 rings (SSSR count). The van der Waals surface area contributed by atoms with E-state index in [4.69, 9.17) is 16.6 Å². The van der Waals surface area contributed by atoms with Gasteiger partial charge in [-0.15, -0.1) is 0 Å². The van der Waals surface area contributed by atoms with E-state index in [9.17, 15) is 15.0 Å². The first-order valence-corrected chi connectivity index (χ1v) is 11.5. The van der Waals surface area contributed by atoms with Crippen LogP contribution in [0.3, 0.4) is 0 Å². The SMILES string of the molecule is CC(C)(CO)c1ncc(-c2ccc(C(=O)N3CCC(O)CC3)cc2Cl)cc1-c1ccncc1. The Hall–Kier alpha value is -2.80. The molecule has 7 heteroatoms. The summed E-state index contributed by atoms with van der Waals surface area (Å²) in [4.78, 5) is 23.5.